The van der Waals surface area contributed by atoms with E-state index in [2.05, 4.69) is 10.3 Å². The third kappa shape index (κ3) is 3.55. The smallest absolute Gasteiger partial charge is 0.126 e. The predicted octanol–water partition coefficient (Wildman–Crippen LogP) is 1.84. The predicted molar refractivity (Wildman–Crippen MR) is 60.8 cm³/mol. The monoisotopic (exact) mass is 212 g/mol. The van der Waals surface area contributed by atoms with E-state index in [1.165, 1.54) is 4.90 Å². The molecule has 0 radical (unpaired) electrons. The maximum absolute atomic E-state index is 8.88. The molecule has 78 valence electrons. The number of anilines is 1. The van der Waals surface area contributed by atoms with Gasteiger partial charge >= 0.3 is 0 Å². The maximum Gasteiger partial charge on any atom is 0.126 e. The summed E-state index contributed by atoms with van der Waals surface area (Å²) in [6.07, 6.45) is 1.79. The van der Waals surface area contributed by atoms with Crippen molar-refractivity contribution in [2.24, 2.45) is 5.92 Å². The molecule has 0 saturated carbocycles. The largest absolute Gasteiger partial charge is 0.396 e. The number of nitrogens with zero attached hydrogens (tertiary/aromatic N) is 1. The number of nitrogens with one attached hydrogen (secondary N) is 1. The van der Waals surface area contributed by atoms with Gasteiger partial charge in [0, 0.05) is 30.5 Å². The van der Waals surface area contributed by atoms with Gasteiger partial charge < -0.3 is 10.4 Å². The van der Waals surface area contributed by atoms with Crippen LogP contribution in [0.2, 0.25) is 0 Å². The molecule has 2 N–H and O–H groups in total. The van der Waals surface area contributed by atoms with Gasteiger partial charge in [-0.1, -0.05) is 6.92 Å². The van der Waals surface area contributed by atoms with Crippen molar-refractivity contribution in [3.8, 4) is 0 Å². The van der Waals surface area contributed by atoms with Crippen molar-refractivity contribution in [2.45, 2.75) is 11.8 Å². The van der Waals surface area contributed by atoms with Crippen molar-refractivity contribution in [1.29, 1.82) is 0 Å². The van der Waals surface area contributed by atoms with E-state index in [0.29, 0.717) is 5.92 Å². The van der Waals surface area contributed by atoms with Gasteiger partial charge in [-0.15, -0.1) is 11.8 Å². The Hall–Kier alpha value is -0.740. The molecule has 0 amide bonds. The normalized spacial score (nSPS) is 12.5. The van der Waals surface area contributed by atoms with E-state index in [4.69, 9.17) is 5.11 Å². The molecule has 0 aliphatic heterocycles. The Bertz CT molecular complexity index is 281. The van der Waals surface area contributed by atoms with Crippen LogP contribution in [0.3, 0.4) is 0 Å². The van der Waals surface area contributed by atoms with Crippen molar-refractivity contribution in [3.63, 3.8) is 0 Å². The van der Waals surface area contributed by atoms with E-state index in [1.807, 2.05) is 26.1 Å². The van der Waals surface area contributed by atoms with E-state index in [9.17, 15) is 0 Å². The molecular weight excluding hydrogens is 196 g/mol. The molecule has 1 heterocycles. The quantitative estimate of drug-likeness (QED) is 0.731. The molecule has 1 aromatic heterocycles. The highest BCUT2D eigenvalue weighted by Gasteiger charge is 2.01. The summed E-state index contributed by atoms with van der Waals surface area (Å²) in [5, 5.41) is 11.9. The van der Waals surface area contributed by atoms with Crippen LogP contribution < -0.4 is 5.32 Å². The first-order valence-corrected chi connectivity index (χ1v) is 5.62. The summed E-state index contributed by atoms with van der Waals surface area (Å²) >= 11 is 1.74. The fraction of sp³-hybridized carbons (Fsp3) is 0.500. The van der Waals surface area contributed by atoms with Gasteiger partial charge in [-0.3, -0.25) is 0 Å². The molecule has 0 aliphatic carbocycles. The zero-order chi connectivity index (χ0) is 10.4. The summed E-state index contributed by atoms with van der Waals surface area (Å²) in [5.41, 5.74) is 0. The Balaban J connectivity index is 2.50. The fourth-order valence-electron chi connectivity index (χ4n) is 0.929. The van der Waals surface area contributed by atoms with Gasteiger partial charge in [-0.2, -0.15) is 0 Å². The third-order valence-corrected chi connectivity index (χ3v) is 3.16. The first-order chi connectivity index (χ1) is 6.76. The average molecular weight is 212 g/mol. The Kier molecular flexibility index (Phi) is 4.76. The minimum atomic E-state index is 0.247. The van der Waals surface area contributed by atoms with E-state index < -0.39 is 0 Å². The third-order valence-electron chi connectivity index (χ3n) is 1.83. The van der Waals surface area contributed by atoms with Crippen LogP contribution in [-0.4, -0.2) is 29.5 Å². The van der Waals surface area contributed by atoms with Gasteiger partial charge in [-0.05, 0) is 18.1 Å². The SMILES string of the molecule is CNc1cc(SCC(C)CO)ccn1. The molecule has 3 nitrogen and oxygen atoms in total. The lowest BCUT2D eigenvalue weighted by Gasteiger charge is -2.07. The lowest BCUT2D eigenvalue weighted by molar-refractivity contribution is 0.250. The van der Waals surface area contributed by atoms with Crippen molar-refractivity contribution in [1.82, 2.24) is 4.98 Å². The van der Waals surface area contributed by atoms with Crippen LogP contribution in [-0.2, 0) is 0 Å². The van der Waals surface area contributed by atoms with Crippen LogP contribution in [0.25, 0.3) is 0 Å². The molecule has 14 heavy (non-hydrogen) atoms. The van der Waals surface area contributed by atoms with Crippen LogP contribution >= 0.6 is 11.8 Å². The van der Waals surface area contributed by atoms with Gasteiger partial charge in [0.2, 0.25) is 0 Å². The first-order valence-electron chi connectivity index (χ1n) is 4.63. The van der Waals surface area contributed by atoms with Crippen LogP contribution in [0.1, 0.15) is 6.92 Å². The molecule has 0 saturated heterocycles. The summed E-state index contributed by atoms with van der Waals surface area (Å²) in [5.74, 6) is 2.15. The number of hydrogen-bond acceptors (Lipinski definition) is 4. The molecule has 0 fully saturated rings. The minimum Gasteiger partial charge on any atom is -0.396 e. The van der Waals surface area contributed by atoms with Crippen LogP contribution in [0.4, 0.5) is 5.82 Å². The fourth-order valence-corrected chi connectivity index (χ4v) is 1.86. The number of aliphatic hydroxyl groups is 1. The summed E-state index contributed by atoms with van der Waals surface area (Å²) in [4.78, 5) is 5.32. The Labute approximate surface area is 88.9 Å². The van der Waals surface area contributed by atoms with Crippen LogP contribution in [0.15, 0.2) is 23.2 Å². The molecule has 0 spiro atoms. The molecular formula is C10H16N2OS. The highest BCUT2D eigenvalue weighted by molar-refractivity contribution is 7.99. The standard InChI is InChI=1S/C10H16N2OS/c1-8(6-13)7-14-9-3-4-12-10(5-9)11-2/h3-5,8,13H,6-7H2,1-2H3,(H,11,12). The number of hydrogen-bond donors (Lipinski definition) is 2. The second-order valence-electron chi connectivity index (χ2n) is 3.23. The van der Waals surface area contributed by atoms with Crippen LogP contribution in [0.5, 0.6) is 0 Å². The number of thioether (sulfide) groups is 1. The topological polar surface area (TPSA) is 45.1 Å². The number of aromatic nitrogens is 1. The molecule has 0 aromatic carbocycles. The van der Waals surface area contributed by atoms with Crippen molar-refractivity contribution >= 4 is 17.6 Å². The highest BCUT2D eigenvalue weighted by Crippen LogP contribution is 2.21. The first kappa shape index (κ1) is 11.3. The highest BCUT2D eigenvalue weighted by atomic mass is 32.2. The summed E-state index contributed by atoms with van der Waals surface area (Å²) in [6.45, 7) is 2.28. The minimum absolute atomic E-state index is 0.247. The number of aliphatic hydroxyl groups excluding tert-OH is 1. The lowest BCUT2D eigenvalue weighted by Crippen LogP contribution is -2.03. The van der Waals surface area contributed by atoms with E-state index >= 15 is 0 Å². The van der Waals surface area contributed by atoms with Crippen LogP contribution in [0, 0.1) is 5.92 Å². The molecule has 4 heteroatoms. The van der Waals surface area contributed by atoms with E-state index in [-0.39, 0.29) is 6.61 Å². The summed E-state index contributed by atoms with van der Waals surface area (Å²) in [7, 11) is 1.85. The van der Waals surface area contributed by atoms with Crippen molar-refractivity contribution in [2.75, 3.05) is 24.7 Å². The molecule has 0 aliphatic rings. The number of rotatable bonds is 5. The molecule has 1 unspecified atom stereocenters. The van der Waals surface area contributed by atoms with Gasteiger partial charge in [0.1, 0.15) is 5.82 Å². The zero-order valence-corrected chi connectivity index (χ0v) is 9.34. The zero-order valence-electron chi connectivity index (χ0n) is 8.53. The van der Waals surface area contributed by atoms with E-state index in [1.54, 1.807) is 18.0 Å². The van der Waals surface area contributed by atoms with Gasteiger partial charge in [0.15, 0.2) is 0 Å². The summed E-state index contributed by atoms with van der Waals surface area (Å²) in [6, 6.07) is 3.99. The summed E-state index contributed by atoms with van der Waals surface area (Å²) < 4.78 is 0. The maximum atomic E-state index is 8.88. The molecule has 1 aromatic rings. The Morgan fingerprint density at radius 1 is 1.64 bits per heavy atom. The van der Waals surface area contributed by atoms with Gasteiger partial charge in [0.05, 0.1) is 0 Å². The Morgan fingerprint density at radius 2 is 2.43 bits per heavy atom. The second-order valence-corrected chi connectivity index (χ2v) is 4.32. The molecule has 1 atom stereocenters. The van der Waals surface area contributed by atoms with E-state index in [0.717, 1.165) is 11.6 Å². The van der Waals surface area contributed by atoms with Crippen molar-refractivity contribution < 1.29 is 5.11 Å². The van der Waals surface area contributed by atoms with Crippen molar-refractivity contribution in [3.05, 3.63) is 18.3 Å². The second kappa shape index (κ2) is 5.88. The molecule has 0 bridgehead atoms. The average Bonchev–Trinajstić information content (AvgIpc) is 2.26. The van der Waals surface area contributed by atoms with Gasteiger partial charge in [0.25, 0.3) is 0 Å². The van der Waals surface area contributed by atoms with Gasteiger partial charge in [-0.25, -0.2) is 4.98 Å². The lowest BCUT2D eigenvalue weighted by atomic mass is 10.2. The number of pyridine rings is 1. The Morgan fingerprint density at radius 3 is 3.07 bits per heavy atom. The molecule has 1 rings (SSSR count).